The molecule has 0 saturated carbocycles. The van der Waals surface area contributed by atoms with Crippen molar-refractivity contribution in [2.75, 3.05) is 0 Å². The molecule has 1 aromatic carbocycles. The Labute approximate surface area is 83.6 Å². The standard InChI is InChI=1S/C12H13NO/c14-12-9-8-11(13-12)7-6-10-4-2-1-3-5-10/h1-5,8-9,11H,6-7H2,(H,13,14). The van der Waals surface area contributed by atoms with E-state index in [1.165, 1.54) is 5.56 Å². The second-order valence-corrected chi connectivity index (χ2v) is 3.50. The van der Waals surface area contributed by atoms with Gasteiger partial charge >= 0.3 is 0 Å². The fourth-order valence-corrected chi connectivity index (χ4v) is 1.62. The second kappa shape index (κ2) is 4.09. The molecule has 0 aliphatic carbocycles. The van der Waals surface area contributed by atoms with Crippen molar-refractivity contribution < 1.29 is 4.79 Å². The maximum Gasteiger partial charge on any atom is 0.244 e. The van der Waals surface area contributed by atoms with E-state index in [4.69, 9.17) is 0 Å². The number of amides is 1. The van der Waals surface area contributed by atoms with Gasteiger partial charge in [-0.3, -0.25) is 4.79 Å². The number of hydrogen-bond donors (Lipinski definition) is 1. The summed E-state index contributed by atoms with van der Waals surface area (Å²) >= 11 is 0. The highest BCUT2D eigenvalue weighted by Gasteiger charge is 2.12. The van der Waals surface area contributed by atoms with E-state index < -0.39 is 0 Å². The summed E-state index contributed by atoms with van der Waals surface area (Å²) < 4.78 is 0. The predicted molar refractivity (Wildman–Crippen MR) is 55.8 cm³/mol. The van der Waals surface area contributed by atoms with E-state index >= 15 is 0 Å². The van der Waals surface area contributed by atoms with Crippen LogP contribution in [0.3, 0.4) is 0 Å². The Kier molecular flexibility index (Phi) is 2.63. The number of hydrogen-bond acceptors (Lipinski definition) is 1. The van der Waals surface area contributed by atoms with Crippen molar-refractivity contribution in [1.29, 1.82) is 0 Å². The number of rotatable bonds is 3. The first-order valence-electron chi connectivity index (χ1n) is 4.87. The van der Waals surface area contributed by atoms with Crippen LogP contribution < -0.4 is 5.32 Å². The molecule has 0 saturated heterocycles. The molecular weight excluding hydrogens is 174 g/mol. The van der Waals surface area contributed by atoms with Crippen molar-refractivity contribution in [3.63, 3.8) is 0 Å². The van der Waals surface area contributed by atoms with Gasteiger partial charge in [0.25, 0.3) is 0 Å². The minimum Gasteiger partial charge on any atom is -0.346 e. The SMILES string of the molecule is O=C1C=CC(CCc2ccccc2)N1. The summed E-state index contributed by atoms with van der Waals surface area (Å²) in [4.78, 5) is 10.9. The van der Waals surface area contributed by atoms with Gasteiger partial charge in [0.15, 0.2) is 0 Å². The van der Waals surface area contributed by atoms with Gasteiger partial charge in [-0.25, -0.2) is 0 Å². The molecule has 1 aliphatic rings. The highest BCUT2D eigenvalue weighted by Crippen LogP contribution is 2.08. The molecule has 1 N–H and O–H groups in total. The largest absolute Gasteiger partial charge is 0.346 e. The second-order valence-electron chi connectivity index (χ2n) is 3.50. The third-order valence-corrected chi connectivity index (χ3v) is 2.39. The fraction of sp³-hybridized carbons (Fsp3) is 0.250. The third-order valence-electron chi connectivity index (χ3n) is 2.39. The topological polar surface area (TPSA) is 29.1 Å². The highest BCUT2D eigenvalue weighted by atomic mass is 16.1. The molecule has 1 amide bonds. The lowest BCUT2D eigenvalue weighted by molar-refractivity contribution is -0.116. The van der Waals surface area contributed by atoms with Crippen molar-refractivity contribution in [3.8, 4) is 0 Å². The molecule has 2 nitrogen and oxygen atoms in total. The molecule has 0 fully saturated rings. The van der Waals surface area contributed by atoms with Crippen LogP contribution in [-0.2, 0) is 11.2 Å². The minimum absolute atomic E-state index is 0.0306. The molecule has 1 aromatic rings. The monoisotopic (exact) mass is 187 g/mol. The van der Waals surface area contributed by atoms with E-state index in [1.54, 1.807) is 6.08 Å². The van der Waals surface area contributed by atoms with Crippen LogP contribution >= 0.6 is 0 Å². The van der Waals surface area contributed by atoms with Crippen LogP contribution in [0.15, 0.2) is 42.5 Å². The lowest BCUT2D eigenvalue weighted by atomic mass is 10.1. The van der Waals surface area contributed by atoms with E-state index in [0.29, 0.717) is 0 Å². The minimum atomic E-state index is 0.0306. The maximum atomic E-state index is 10.9. The van der Waals surface area contributed by atoms with Crippen LogP contribution in [0.1, 0.15) is 12.0 Å². The van der Waals surface area contributed by atoms with E-state index in [-0.39, 0.29) is 11.9 Å². The Balaban J connectivity index is 1.84. The van der Waals surface area contributed by atoms with Crippen molar-refractivity contribution >= 4 is 5.91 Å². The number of benzene rings is 1. The zero-order chi connectivity index (χ0) is 9.80. The molecule has 14 heavy (non-hydrogen) atoms. The van der Waals surface area contributed by atoms with E-state index in [1.807, 2.05) is 24.3 Å². The lowest BCUT2D eigenvalue weighted by Gasteiger charge is -2.08. The summed E-state index contributed by atoms with van der Waals surface area (Å²) in [6.07, 6.45) is 5.53. The number of carbonyl (C=O) groups excluding carboxylic acids is 1. The zero-order valence-electron chi connectivity index (χ0n) is 7.94. The molecule has 0 aromatic heterocycles. The van der Waals surface area contributed by atoms with E-state index in [2.05, 4.69) is 17.4 Å². The molecule has 1 aliphatic heterocycles. The van der Waals surface area contributed by atoms with Crippen LogP contribution in [0.25, 0.3) is 0 Å². The summed E-state index contributed by atoms with van der Waals surface area (Å²) in [6.45, 7) is 0. The first-order chi connectivity index (χ1) is 6.84. The van der Waals surface area contributed by atoms with E-state index in [0.717, 1.165) is 12.8 Å². The Hall–Kier alpha value is -1.57. The molecule has 2 rings (SSSR count). The summed E-state index contributed by atoms with van der Waals surface area (Å²) in [5, 5.41) is 2.87. The molecule has 72 valence electrons. The highest BCUT2D eigenvalue weighted by molar-refractivity contribution is 5.90. The molecular formula is C12H13NO. The quantitative estimate of drug-likeness (QED) is 0.766. The lowest BCUT2D eigenvalue weighted by Crippen LogP contribution is -2.26. The normalized spacial score (nSPS) is 19.7. The average molecular weight is 187 g/mol. The Morgan fingerprint density at radius 3 is 2.64 bits per heavy atom. The Morgan fingerprint density at radius 1 is 1.21 bits per heavy atom. The van der Waals surface area contributed by atoms with Crippen LogP contribution in [0.4, 0.5) is 0 Å². The number of aryl methyl sites for hydroxylation is 1. The fourth-order valence-electron chi connectivity index (χ4n) is 1.62. The van der Waals surface area contributed by atoms with Gasteiger partial charge in [-0.05, 0) is 18.4 Å². The van der Waals surface area contributed by atoms with Gasteiger partial charge in [0.05, 0.1) is 0 Å². The maximum absolute atomic E-state index is 10.9. The van der Waals surface area contributed by atoms with Crippen LogP contribution in [0.5, 0.6) is 0 Å². The van der Waals surface area contributed by atoms with E-state index in [9.17, 15) is 4.79 Å². The molecule has 0 radical (unpaired) electrons. The van der Waals surface area contributed by atoms with Crippen molar-refractivity contribution in [1.82, 2.24) is 5.32 Å². The summed E-state index contributed by atoms with van der Waals surface area (Å²) in [5.74, 6) is 0.0306. The van der Waals surface area contributed by atoms with Crippen molar-refractivity contribution in [2.24, 2.45) is 0 Å². The number of nitrogens with one attached hydrogen (secondary N) is 1. The van der Waals surface area contributed by atoms with Crippen LogP contribution in [0.2, 0.25) is 0 Å². The first kappa shape index (κ1) is 9.00. The van der Waals surface area contributed by atoms with Gasteiger partial charge in [-0.2, -0.15) is 0 Å². The molecule has 1 unspecified atom stereocenters. The smallest absolute Gasteiger partial charge is 0.244 e. The van der Waals surface area contributed by atoms with Crippen molar-refractivity contribution in [3.05, 3.63) is 48.0 Å². The van der Waals surface area contributed by atoms with Gasteiger partial charge in [-0.15, -0.1) is 0 Å². The summed E-state index contributed by atoms with van der Waals surface area (Å²) in [7, 11) is 0. The van der Waals surface area contributed by atoms with Gasteiger partial charge in [0, 0.05) is 12.1 Å². The van der Waals surface area contributed by atoms with Crippen molar-refractivity contribution in [2.45, 2.75) is 18.9 Å². The Morgan fingerprint density at radius 2 is 2.00 bits per heavy atom. The van der Waals surface area contributed by atoms with Crippen LogP contribution in [0, 0.1) is 0 Å². The van der Waals surface area contributed by atoms with Crippen LogP contribution in [-0.4, -0.2) is 11.9 Å². The Bertz CT molecular complexity index is 343. The first-order valence-corrected chi connectivity index (χ1v) is 4.87. The molecule has 1 atom stereocenters. The molecule has 2 heteroatoms. The zero-order valence-corrected chi connectivity index (χ0v) is 7.94. The third kappa shape index (κ3) is 2.22. The van der Waals surface area contributed by atoms with Gasteiger partial charge in [0.2, 0.25) is 5.91 Å². The average Bonchev–Trinajstić information content (AvgIpc) is 2.63. The summed E-state index contributed by atoms with van der Waals surface area (Å²) in [5.41, 5.74) is 1.32. The van der Waals surface area contributed by atoms with Gasteiger partial charge < -0.3 is 5.32 Å². The summed E-state index contributed by atoms with van der Waals surface area (Å²) in [6, 6.07) is 10.5. The predicted octanol–water partition coefficient (Wildman–Crippen LogP) is 1.67. The number of carbonyl (C=O) groups is 1. The molecule has 0 spiro atoms. The molecule has 1 heterocycles. The van der Waals surface area contributed by atoms with Gasteiger partial charge in [0.1, 0.15) is 0 Å². The molecule has 0 bridgehead atoms. The van der Waals surface area contributed by atoms with Gasteiger partial charge in [-0.1, -0.05) is 36.4 Å².